The Balaban J connectivity index is 0.00000280. The molecule has 7 heteroatoms. The molecular weight excluding hydrogens is 465 g/mol. The van der Waals surface area contributed by atoms with Crippen LogP contribution in [0.2, 0.25) is 0 Å². The van der Waals surface area contributed by atoms with Gasteiger partial charge in [0.05, 0.1) is 0 Å². The van der Waals surface area contributed by atoms with Crippen LogP contribution in [0, 0.1) is 0 Å². The van der Waals surface area contributed by atoms with Crippen LogP contribution in [0.25, 0.3) is 0 Å². The average molecular weight is 501 g/mol. The fraction of sp³-hybridized carbons (Fsp3) is 0.714. The number of hydrogen-bond donors (Lipinski definition) is 2. The Labute approximate surface area is 186 Å². The Morgan fingerprint density at radius 3 is 2.68 bits per heavy atom. The van der Waals surface area contributed by atoms with Crippen LogP contribution in [0.5, 0.6) is 5.88 Å². The second-order valence-electron chi connectivity index (χ2n) is 7.71. The van der Waals surface area contributed by atoms with Gasteiger partial charge in [0, 0.05) is 45.0 Å². The number of likely N-dealkylation sites (tertiary alicyclic amines) is 1. The minimum absolute atomic E-state index is 0. The molecule has 28 heavy (non-hydrogen) atoms. The first-order valence-electron chi connectivity index (χ1n) is 10.6. The third-order valence-electron chi connectivity index (χ3n) is 5.54. The molecule has 1 saturated carbocycles. The molecule has 6 nitrogen and oxygen atoms in total. The number of nitrogens with zero attached hydrogens (tertiary/aromatic N) is 3. The smallest absolute Gasteiger partial charge is 0.213 e. The maximum Gasteiger partial charge on any atom is 0.213 e. The molecule has 1 aromatic heterocycles. The molecule has 0 aromatic carbocycles. The lowest BCUT2D eigenvalue weighted by molar-refractivity contribution is 0.201. The first kappa shape index (κ1) is 23.2. The van der Waals surface area contributed by atoms with Gasteiger partial charge in [0.25, 0.3) is 0 Å². The number of hydrogen-bond acceptors (Lipinski definition) is 4. The maximum atomic E-state index is 6.01. The second-order valence-corrected chi connectivity index (χ2v) is 7.71. The average Bonchev–Trinajstić information content (AvgIpc) is 3.20. The number of piperidine rings is 1. The van der Waals surface area contributed by atoms with E-state index >= 15 is 0 Å². The van der Waals surface area contributed by atoms with Crippen molar-refractivity contribution in [3.63, 3.8) is 0 Å². The van der Waals surface area contributed by atoms with Crippen LogP contribution >= 0.6 is 24.0 Å². The van der Waals surface area contributed by atoms with E-state index < -0.39 is 0 Å². The number of aromatic nitrogens is 1. The highest BCUT2D eigenvalue weighted by Gasteiger charge is 2.19. The minimum atomic E-state index is 0. The van der Waals surface area contributed by atoms with Crippen molar-refractivity contribution < 1.29 is 4.74 Å². The van der Waals surface area contributed by atoms with E-state index in [1.165, 1.54) is 57.3 Å². The largest absolute Gasteiger partial charge is 0.474 e. The summed E-state index contributed by atoms with van der Waals surface area (Å²) in [4.78, 5) is 11.3. The molecule has 1 aliphatic carbocycles. The van der Waals surface area contributed by atoms with Gasteiger partial charge in [-0.2, -0.15) is 0 Å². The lowest BCUT2D eigenvalue weighted by Crippen LogP contribution is -2.48. The van der Waals surface area contributed by atoms with Crippen molar-refractivity contribution in [2.75, 3.05) is 26.7 Å². The van der Waals surface area contributed by atoms with E-state index in [1.807, 2.05) is 25.4 Å². The lowest BCUT2D eigenvalue weighted by Gasteiger charge is -2.32. The van der Waals surface area contributed by atoms with Crippen molar-refractivity contribution in [3.05, 3.63) is 23.9 Å². The predicted molar refractivity (Wildman–Crippen MR) is 126 cm³/mol. The molecule has 1 saturated heterocycles. The first-order valence-corrected chi connectivity index (χ1v) is 10.6. The van der Waals surface area contributed by atoms with Crippen LogP contribution in [0.15, 0.2) is 23.3 Å². The first-order chi connectivity index (χ1) is 13.3. The van der Waals surface area contributed by atoms with Crippen LogP contribution in [0.3, 0.4) is 0 Å². The Bertz CT molecular complexity index is 598. The molecular formula is C21H36IN5O. The zero-order valence-corrected chi connectivity index (χ0v) is 19.7. The fourth-order valence-corrected chi connectivity index (χ4v) is 3.99. The van der Waals surface area contributed by atoms with Crippen LogP contribution in [0.4, 0.5) is 0 Å². The van der Waals surface area contributed by atoms with Crippen molar-refractivity contribution in [1.82, 2.24) is 20.5 Å². The highest BCUT2D eigenvalue weighted by molar-refractivity contribution is 14.0. The number of nitrogens with one attached hydrogen (secondary N) is 2. The molecule has 0 amide bonds. The van der Waals surface area contributed by atoms with Crippen LogP contribution in [-0.4, -0.2) is 54.7 Å². The molecule has 2 heterocycles. The van der Waals surface area contributed by atoms with Crippen molar-refractivity contribution in [3.8, 4) is 5.88 Å². The monoisotopic (exact) mass is 501 g/mol. The highest BCUT2D eigenvalue weighted by Crippen LogP contribution is 2.23. The minimum Gasteiger partial charge on any atom is -0.474 e. The number of pyridine rings is 1. The summed E-state index contributed by atoms with van der Waals surface area (Å²) in [5.41, 5.74) is 1.17. The summed E-state index contributed by atoms with van der Waals surface area (Å²) in [7, 11) is 1.84. The van der Waals surface area contributed by atoms with Gasteiger partial charge in [-0.3, -0.25) is 4.99 Å². The van der Waals surface area contributed by atoms with Gasteiger partial charge in [-0.15, -0.1) is 24.0 Å². The molecule has 2 fully saturated rings. The van der Waals surface area contributed by atoms with E-state index in [4.69, 9.17) is 4.74 Å². The number of aliphatic imine (C=N–C) groups is 1. The Hall–Kier alpha value is -1.09. The van der Waals surface area contributed by atoms with Crippen molar-refractivity contribution in [2.45, 2.75) is 70.6 Å². The topological polar surface area (TPSA) is 61.8 Å². The SMILES string of the molecule is CCCN1CCC(NC(=NC)NCc2ccnc(OC3CCCC3)c2)CC1.I. The predicted octanol–water partition coefficient (Wildman–Crippen LogP) is 3.56. The van der Waals surface area contributed by atoms with Crippen LogP contribution < -0.4 is 15.4 Å². The van der Waals surface area contributed by atoms with Gasteiger partial charge in [-0.25, -0.2) is 4.98 Å². The van der Waals surface area contributed by atoms with Gasteiger partial charge in [0.15, 0.2) is 5.96 Å². The summed E-state index contributed by atoms with van der Waals surface area (Å²) >= 11 is 0. The van der Waals surface area contributed by atoms with E-state index in [1.54, 1.807) is 0 Å². The Morgan fingerprint density at radius 2 is 2.00 bits per heavy atom. The summed E-state index contributed by atoms with van der Waals surface area (Å²) in [6, 6.07) is 4.58. The Morgan fingerprint density at radius 1 is 1.25 bits per heavy atom. The Kier molecular flexibility index (Phi) is 10.3. The van der Waals surface area contributed by atoms with Crippen molar-refractivity contribution in [1.29, 1.82) is 0 Å². The van der Waals surface area contributed by atoms with E-state index in [0.29, 0.717) is 12.1 Å². The van der Waals surface area contributed by atoms with E-state index in [-0.39, 0.29) is 24.0 Å². The molecule has 0 bridgehead atoms. The zero-order chi connectivity index (χ0) is 18.9. The van der Waals surface area contributed by atoms with Gasteiger partial charge in [0.1, 0.15) is 6.10 Å². The fourth-order valence-electron chi connectivity index (χ4n) is 3.99. The standard InChI is InChI=1S/C21H35N5O.HI/c1-3-12-26-13-9-18(10-14-26)25-21(22-2)24-16-17-8-11-23-20(15-17)27-19-6-4-5-7-19;/h8,11,15,18-19H,3-7,9-10,12-14,16H2,1-2H3,(H2,22,24,25);1H. The van der Waals surface area contributed by atoms with Gasteiger partial charge >= 0.3 is 0 Å². The summed E-state index contributed by atoms with van der Waals surface area (Å²) in [5, 5.41) is 7.01. The normalized spacial score (nSPS) is 19.3. The molecule has 1 aliphatic heterocycles. The van der Waals surface area contributed by atoms with Gasteiger partial charge < -0.3 is 20.3 Å². The van der Waals surface area contributed by atoms with E-state index in [9.17, 15) is 0 Å². The number of guanidine groups is 1. The third-order valence-corrected chi connectivity index (χ3v) is 5.54. The lowest BCUT2D eigenvalue weighted by atomic mass is 10.1. The summed E-state index contributed by atoms with van der Waals surface area (Å²) in [6.45, 7) is 6.54. The van der Waals surface area contributed by atoms with Gasteiger partial charge in [0.2, 0.25) is 5.88 Å². The zero-order valence-electron chi connectivity index (χ0n) is 17.3. The van der Waals surface area contributed by atoms with Gasteiger partial charge in [-0.1, -0.05) is 6.92 Å². The summed E-state index contributed by atoms with van der Waals surface area (Å²) in [6.07, 6.45) is 10.6. The van der Waals surface area contributed by atoms with Gasteiger partial charge in [-0.05, 0) is 63.1 Å². The molecule has 3 rings (SSSR count). The van der Waals surface area contributed by atoms with E-state index in [2.05, 4.69) is 32.4 Å². The van der Waals surface area contributed by atoms with Crippen LogP contribution in [-0.2, 0) is 6.54 Å². The number of ether oxygens (including phenoxy) is 1. The number of rotatable bonds is 7. The quantitative estimate of drug-likeness (QED) is 0.340. The molecule has 0 radical (unpaired) electrons. The molecule has 1 aromatic rings. The highest BCUT2D eigenvalue weighted by atomic mass is 127. The van der Waals surface area contributed by atoms with E-state index in [0.717, 1.165) is 31.2 Å². The number of halogens is 1. The van der Waals surface area contributed by atoms with Crippen molar-refractivity contribution in [2.24, 2.45) is 4.99 Å². The van der Waals surface area contributed by atoms with Crippen LogP contribution in [0.1, 0.15) is 57.4 Å². The molecule has 0 unspecified atom stereocenters. The molecule has 2 aliphatic rings. The summed E-state index contributed by atoms with van der Waals surface area (Å²) in [5.74, 6) is 1.62. The van der Waals surface area contributed by atoms with Crippen molar-refractivity contribution >= 4 is 29.9 Å². The molecule has 0 atom stereocenters. The summed E-state index contributed by atoms with van der Waals surface area (Å²) < 4.78 is 6.01. The molecule has 158 valence electrons. The molecule has 0 spiro atoms. The maximum absolute atomic E-state index is 6.01. The third kappa shape index (κ3) is 7.39. The molecule has 2 N–H and O–H groups in total. The second kappa shape index (κ2) is 12.5.